The number of carbonyl (C=O) groups is 2. The molecule has 1 saturated heterocycles. The molecule has 0 bridgehead atoms. The maximum Gasteiger partial charge on any atom is 0.245 e. The van der Waals surface area contributed by atoms with Crippen LogP contribution in [0.1, 0.15) is 45.4 Å². The Morgan fingerprint density at radius 1 is 1.25 bits per heavy atom. The molecule has 1 aliphatic heterocycles. The molecule has 1 atom stereocenters. The Balaban J connectivity index is 1.92. The van der Waals surface area contributed by atoms with Crippen LogP contribution in [-0.2, 0) is 9.59 Å². The standard InChI is InChI=1S/C12H20N2O2/c1-9(15)13-11-7-8-14(12(11)16)10-5-3-2-4-6-10/h10-11H,2-8H2,1H3,(H,13,15). The van der Waals surface area contributed by atoms with Gasteiger partial charge in [0.15, 0.2) is 0 Å². The summed E-state index contributed by atoms with van der Waals surface area (Å²) < 4.78 is 0. The van der Waals surface area contributed by atoms with Crippen molar-refractivity contribution >= 4 is 11.8 Å². The first kappa shape index (κ1) is 11.4. The van der Waals surface area contributed by atoms with Crippen LogP contribution in [0.5, 0.6) is 0 Å². The van der Waals surface area contributed by atoms with Crippen LogP contribution >= 0.6 is 0 Å². The van der Waals surface area contributed by atoms with E-state index in [4.69, 9.17) is 0 Å². The Morgan fingerprint density at radius 3 is 2.56 bits per heavy atom. The van der Waals surface area contributed by atoms with Gasteiger partial charge in [0.05, 0.1) is 0 Å². The van der Waals surface area contributed by atoms with Gasteiger partial charge in [0, 0.05) is 19.5 Å². The lowest BCUT2D eigenvalue weighted by atomic mass is 9.94. The highest BCUT2D eigenvalue weighted by Crippen LogP contribution is 2.26. The monoisotopic (exact) mass is 224 g/mol. The summed E-state index contributed by atoms with van der Waals surface area (Å²) in [6.45, 7) is 2.28. The van der Waals surface area contributed by atoms with Crippen LogP contribution in [0.15, 0.2) is 0 Å². The molecule has 2 amide bonds. The van der Waals surface area contributed by atoms with Crippen LogP contribution in [-0.4, -0.2) is 35.3 Å². The summed E-state index contributed by atoms with van der Waals surface area (Å²) in [6.07, 6.45) is 6.82. The Labute approximate surface area is 96.4 Å². The zero-order chi connectivity index (χ0) is 11.5. The van der Waals surface area contributed by atoms with E-state index in [1.807, 2.05) is 4.90 Å². The average molecular weight is 224 g/mol. The Morgan fingerprint density at radius 2 is 1.94 bits per heavy atom. The van der Waals surface area contributed by atoms with Crippen molar-refractivity contribution in [2.75, 3.05) is 6.54 Å². The number of rotatable bonds is 2. The number of amides is 2. The number of nitrogens with one attached hydrogen (secondary N) is 1. The quantitative estimate of drug-likeness (QED) is 0.762. The van der Waals surface area contributed by atoms with Gasteiger partial charge in [0.2, 0.25) is 11.8 Å². The average Bonchev–Trinajstić information content (AvgIpc) is 2.61. The molecule has 0 radical (unpaired) electrons. The topological polar surface area (TPSA) is 49.4 Å². The summed E-state index contributed by atoms with van der Waals surface area (Å²) in [5.41, 5.74) is 0. The van der Waals surface area contributed by atoms with Gasteiger partial charge in [-0.25, -0.2) is 0 Å². The van der Waals surface area contributed by atoms with E-state index in [1.54, 1.807) is 0 Å². The zero-order valence-corrected chi connectivity index (χ0v) is 9.87. The van der Waals surface area contributed by atoms with E-state index >= 15 is 0 Å². The van der Waals surface area contributed by atoms with E-state index in [9.17, 15) is 9.59 Å². The molecular formula is C12H20N2O2. The molecule has 1 aliphatic carbocycles. The molecule has 1 unspecified atom stereocenters. The molecule has 2 aliphatic rings. The molecule has 2 fully saturated rings. The summed E-state index contributed by atoms with van der Waals surface area (Å²) in [5, 5.41) is 2.73. The molecule has 0 aromatic rings. The molecule has 0 aromatic carbocycles. The van der Waals surface area contributed by atoms with E-state index in [1.165, 1.54) is 26.2 Å². The molecule has 0 spiro atoms. The molecule has 1 N–H and O–H groups in total. The summed E-state index contributed by atoms with van der Waals surface area (Å²) >= 11 is 0. The van der Waals surface area contributed by atoms with Gasteiger partial charge >= 0.3 is 0 Å². The summed E-state index contributed by atoms with van der Waals surface area (Å²) in [4.78, 5) is 25.0. The third-order valence-electron chi connectivity index (χ3n) is 3.63. The van der Waals surface area contributed by atoms with Gasteiger partial charge in [0.25, 0.3) is 0 Å². The maximum atomic E-state index is 12.1. The predicted molar refractivity (Wildman–Crippen MR) is 60.8 cm³/mol. The SMILES string of the molecule is CC(=O)NC1CCN(C2CCCCC2)C1=O. The lowest BCUT2D eigenvalue weighted by Crippen LogP contribution is -2.44. The third kappa shape index (κ3) is 2.36. The minimum atomic E-state index is -0.264. The Kier molecular flexibility index (Phi) is 3.46. The van der Waals surface area contributed by atoms with Crippen molar-refractivity contribution in [2.24, 2.45) is 0 Å². The van der Waals surface area contributed by atoms with Crippen LogP contribution in [0.4, 0.5) is 0 Å². The van der Waals surface area contributed by atoms with E-state index in [0.29, 0.717) is 6.04 Å². The number of carbonyl (C=O) groups excluding carboxylic acids is 2. The van der Waals surface area contributed by atoms with Crippen LogP contribution in [0.25, 0.3) is 0 Å². The van der Waals surface area contributed by atoms with Crippen LogP contribution in [0.3, 0.4) is 0 Å². The number of hydrogen-bond donors (Lipinski definition) is 1. The number of likely N-dealkylation sites (tertiary alicyclic amines) is 1. The smallest absolute Gasteiger partial charge is 0.245 e. The summed E-state index contributed by atoms with van der Waals surface area (Å²) in [6, 6.07) is 0.166. The molecule has 4 heteroatoms. The van der Waals surface area contributed by atoms with Gasteiger partial charge < -0.3 is 10.2 Å². The van der Waals surface area contributed by atoms with Crippen molar-refractivity contribution in [3.8, 4) is 0 Å². The van der Waals surface area contributed by atoms with Crippen molar-refractivity contribution < 1.29 is 9.59 Å². The van der Waals surface area contributed by atoms with Gasteiger partial charge in [-0.3, -0.25) is 9.59 Å². The maximum absolute atomic E-state index is 12.1. The van der Waals surface area contributed by atoms with Crippen LogP contribution < -0.4 is 5.32 Å². The van der Waals surface area contributed by atoms with Crippen molar-refractivity contribution in [2.45, 2.75) is 57.5 Å². The van der Waals surface area contributed by atoms with Gasteiger partial charge in [0.1, 0.15) is 6.04 Å². The van der Waals surface area contributed by atoms with Crippen molar-refractivity contribution in [3.63, 3.8) is 0 Å². The fourth-order valence-corrected chi connectivity index (χ4v) is 2.84. The first-order valence-electron chi connectivity index (χ1n) is 6.26. The predicted octanol–water partition coefficient (Wildman–Crippen LogP) is 1.06. The number of hydrogen-bond acceptors (Lipinski definition) is 2. The molecule has 1 heterocycles. The lowest BCUT2D eigenvalue weighted by Gasteiger charge is -2.31. The Hall–Kier alpha value is -1.06. The van der Waals surface area contributed by atoms with Gasteiger partial charge in [-0.15, -0.1) is 0 Å². The minimum absolute atomic E-state index is 0.108. The van der Waals surface area contributed by atoms with Gasteiger partial charge in [-0.1, -0.05) is 19.3 Å². The molecule has 90 valence electrons. The number of nitrogens with zero attached hydrogens (tertiary/aromatic N) is 1. The van der Waals surface area contributed by atoms with E-state index < -0.39 is 0 Å². The largest absolute Gasteiger partial charge is 0.344 e. The van der Waals surface area contributed by atoms with Crippen LogP contribution in [0, 0.1) is 0 Å². The second kappa shape index (κ2) is 4.85. The summed E-state index contributed by atoms with van der Waals surface area (Å²) in [5.74, 6) is 0.0194. The molecule has 16 heavy (non-hydrogen) atoms. The normalized spacial score (nSPS) is 27.2. The van der Waals surface area contributed by atoms with Gasteiger partial charge in [-0.2, -0.15) is 0 Å². The van der Waals surface area contributed by atoms with Crippen molar-refractivity contribution in [1.29, 1.82) is 0 Å². The van der Waals surface area contributed by atoms with Crippen molar-refractivity contribution in [1.82, 2.24) is 10.2 Å². The first-order chi connectivity index (χ1) is 7.68. The Bertz CT molecular complexity index is 285. The van der Waals surface area contributed by atoms with E-state index in [0.717, 1.165) is 25.8 Å². The van der Waals surface area contributed by atoms with Crippen molar-refractivity contribution in [3.05, 3.63) is 0 Å². The molecule has 4 nitrogen and oxygen atoms in total. The molecule has 2 rings (SSSR count). The molecule has 1 saturated carbocycles. The van der Waals surface area contributed by atoms with Crippen LogP contribution in [0.2, 0.25) is 0 Å². The van der Waals surface area contributed by atoms with Gasteiger partial charge in [-0.05, 0) is 19.3 Å². The molecular weight excluding hydrogens is 204 g/mol. The highest BCUT2D eigenvalue weighted by Gasteiger charge is 2.36. The highest BCUT2D eigenvalue weighted by molar-refractivity contribution is 5.88. The fourth-order valence-electron chi connectivity index (χ4n) is 2.84. The highest BCUT2D eigenvalue weighted by atomic mass is 16.2. The zero-order valence-electron chi connectivity index (χ0n) is 9.87. The fraction of sp³-hybridized carbons (Fsp3) is 0.833. The van der Waals surface area contributed by atoms with E-state index in [-0.39, 0.29) is 17.9 Å². The third-order valence-corrected chi connectivity index (χ3v) is 3.63. The van der Waals surface area contributed by atoms with E-state index in [2.05, 4.69) is 5.32 Å². The minimum Gasteiger partial charge on any atom is -0.344 e. The summed E-state index contributed by atoms with van der Waals surface area (Å²) in [7, 11) is 0. The molecule has 0 aromatic heterocycles. The second-order valence-electron chi connectivity index (χ2n) is 4.87. The lowest BCUT2D eigenvalue weighted by molar-refractivity contribution is -0.134. The first-order valence-corrected chi connectivity index (χ1v) is 6.26. The second-order valence-corrected chi connectivity index (χ2v) is 4.87.